The molecule has 0 amide bonds. The van der Waals surface area contributed by atoms with Crippen LogP contribution in [-0.4, -0.2) is 16.9 Å². The largest absolute Gasteiger partial charge is 0.497 e. The van der Waals surface area contributed by atoms with E-state index < -0.39 is 0 Å². The molecule has 0 spiro atoms. The third-order valence-corrected chi connectivity index (χ3v) is 4.00. The van der Waals surface area contributed by atoms with Crippen LogP contribution in [0.5, 0.6) is 5.75 Å². The van der Waals surface area contributed by atoms with Crippen molar-refractivity contribution < 1.29 is 9.13 Å². The van der Waals surface area contributed by atoms with Crippen LogP contribution < -0.4 is 10.1 Å². The lowest BCUT2D eigenvalue weighted by Crippen LogP contribution is -2.07. The number of hydrogen-bond acceptors (Lipinski definition) is 3. The molecule has 1 heterocycles. The Balaban J connectivity index is 1.64. The summed E-state index contributed by atoms with van der Waals surface area (Å²) in [6.07, 6.45) is 7.01. The second-order valence-electron chi connectivity index (χ2n) is 5.42. The molecule has 1 saturated carbocycles. The smallest absolute Gasteiger partial charge is 0.146 e. The number of halogens is 1. The highest BCUT2D eigenvalue weighted by atomic mass is 19.1. The number of hydrogen-bond donors (Lipinski definition) is 1. The van der Waals surface area contributed by atoms with Crippen molar-refractivity contribution in [2.75, 3.05) is 12.4 Å². The second-order valence-corrected chi connectivity index (χ2v) is 5.42. The Morgan fingerprint density at radius 3 is 2.90 bits per heavy atom. The molecule has 2 aromatic rings. The fraction of sp³-hybridized carbons (Fsp3) is 0.438. The van der Waals surface area contributed by atoms with Crippen molar-refractivity contribution in [2.45, 2.75) is 38.3 Å². The highest BCUT2D eigenvalue weighted by Crippen LogP contribution is 2.28. The molecule has 0 unspecified atom stereocenters. The van der Waals surface area contributed by atoms with Gasteiger partial charge in [0.25, 0.3) is 0 Å². The molecule has 0 aliphatic heterocycles. The van der Waals surface area contributed by atoms with Crippen LogP contribution in [0, 0.1) is 5.82 Å². The third kappa shape index (κ3) is 3.17. The minimum Gasteiger partial charge on any atom is -0.497 e. The number of methoxy groups -OCH3 is 1. The van der Waals surface area contributed by atoms with Gasteiger partial charge in [0.1, 0.15) is 11.6 Å². The number of anilines is 1. The van der Waals surface area contributed by atoms with Crippen LogP contribution >= 0.6 is 0 Å². The van der Waals surface area contributed by atoms with E-state index in [0.29, 0.717) is 24.0 Å². The summed E-state index contributed by atoms with van der Waals surface area (Å²) in [6, 6.07) is 7.19. The Hall–Kier alpha value is -2.04. The molecule has 1 fully saturated rings. The summed E-state index contributed by atoms with van der Waals surface area (Å²) in [7, 11) is 1.57. The monoisotopic (exact) mass is 289 g/mol. The van der Waals surface area contributed by atoms with E-state index in [1.807, 2.05) is 16.9 Å². The molecule has 1 N–H and O–H groups in total. The van der Waals surface area contributed by atoms with E-state index in [4.69, 9.17) is 4.74 Å². The highest BCUT2D eigenvalue weighted by molar-refractivity contribution is 5.49. The van der Waals surface area contributed by atoms with Crippen LogP contribution in [0.25, 0.3) is 0 Å². The summed E-state index contributed by atoms with van der Waals surface area (Å²) in [4.78, 5) is 0. The van der Waals surface area contributed by atoms with Gasteiger partial charge in [-0.25, -0.2) is 4.39 Å². The van der Waals surface area contributed by atoms with Crippen molar-refractivity contribution in [1.29, 1.82) is 0 Å². The fourth-order valence-electron chi connectivity index (χ4n) is 2.80. The average Bonchev–Trinajstić information content (AvgIpc) is 3.17. The van der Waals surface area contributed by atoms with Crippen LogP contribution in [0.3, 0.4) is 0 Å². The summed E-state index contributed by atoms with van der Waals surface area (Å²) in [5.74, 6) is 0.349. The summed E-state index contributed by atoms with van der Waals surface area (Å²) in [5.41, 5.74) is 1.36. The molecular weight excluding hydrogens is 269 g/mol. The third-order valence-electron chi connectivity index (χ3n) is 4.00. The number of nitrogens with one attached hydrogen (secondary N) is 1. The topological polar surface area (TPSA) is 39.1 Å². The zero-order chi connectivity index (χ0) is 14.7. The first kappa shape index (κ1) is 13.9. The van der Waals surface area contributed by atoms with Crippen molar-refractivity contribution in [1.82, 2.24) is 9.78 Å². The Kier molecular flexibility index (Phi) is 4.08. The van der Waals surface area contributed by atoms with E-state index >= 15 is 0 Å². The number of benzene rings is 1. The first-order valence-electron chi connectivity index (χ1n) is 7.38. The van der Waals surface area contributed by atoms with Gasteiger partial charge >= 0.3 is 0 Å². The lowest BCUT2D eigenvalue weighted by atomic mass is 10.2. The quantitative estimate of drug-likeness (QED) is 0.911. The van der Waals surface area contributed by atoms with Crippen molar-refractivity contribution in [2.24, 2.45) is 0 Å². The zero-order valence-electron chi connectivity index (χ0n) is 12.2. The molecule has 5 heteroatoms. The van der Waals surface area contributed by atoms with E-state index in [1.54, 1.807) is 19.2 Å². The van der Waals surface area contributed by atoms with Gasteiger partial charge in [-0.05, 0) is 31.0 Å². The second kappa shape index (κ2) is 6.16. The molecule has 4 nitrogen and oxygen atoms in total. The van der Waals surface area contributed by atoms with Gasteiger partial charge < -0.3 is 10.1 Å². The first-order valence-corrected chi connectivity index (χ1v) is 7.38. The van der Waals surface area contributed by atoms with Crippen molar-refractivity contribution >= 4 is 5.69 Å². The van der Waals surface area contributed by atoms with Crippen molar-refractivity contribution in [3.8, 4) is 5.75 Å². The molecule has 1 aromatic heterocycles. The van der Waals surface area contributed by atoms with E-state index in [1.165, 1.54) is 31.7 Å². The lowest BCUT2D eigenvalue weighted by molar-refractivity contribution is 0.414. The number of nitrogens with zero attached hydrogens (tertiary/aromatic N) is 2. The van der Waals surface area contributed by atoms with Crippen LogP contribution in [0.4, 0.5) is 10.1 Å². The summed E-state index contributed by atoms with van der Waals surface area (Å²) >= 11 is 0. The Bertz CT molecular complexity index is 605. The maximum absolute atomic E-state index is 13.7. The summed E-state index contributed by atoms with van der Waals surface area (Å²) in [5, 5.41) is 7.66. The van der Waals surface area contributed by atoms with Crippen LogP contribution in [-0.2, 0) is 6.54 Å². The van der Waals surface area contributed by atoms with Gasteiger partial charge in [0.2, 0.25) is 0 Å². The molecule has 0 atom stereocenters. The summed E-state index contributed by atoms with van der Waals surface area (Å²) < 4.78 is 20.9. The van der Waals surface area contributed by atoms with Crippen LogP contribution in [0.2, 0.25) is 0 Å². The highest BCUT2D eigenvalue weighted by Gasteiger charge is 2.17. The Morgan fingerprint density at radius 1 is 1.33 bits per heavy atom. The molecule has 3 rings (SSSR count). The van der Waals surface area contributed by atoms with E-state index in [0.717, 1.165) is 5.69 Å². The van der Waals surface area contributed by atoms with Gasteiger partial charge in [-0.1, -0.05) is 12.8 Å². The predicted octanol–water partition coefficient (Wildman–Crippen LogP) is 3.76. The molecule has 1 aliphatic carbocycles. The Labute approximate surface area is 123 Å². The minimum absolute atomic E-state index is 0.286. The van der Waals surface area contributed by atoms with Crippen LogP contribution in [0.1, 0.15) is 37.4 Å². The van der Waals surface area contributed by atoms with Gasteiger partial charge in [0.15, 0.2) is 0 Å². The SMILES string of the molecule is COc1ccc(F)c(NCc2ccn(C3CCCC3)n2)c1. The van der Waals surface area contributed by atoms with Crippen molar-refractivity contribution in [3.05, 3.63) is 42.0 Å². The van der Waals surface area contributed by atoms with Gasteiger partial charge in [-0.3, -0.25) is 4.68 Å². The molecule has 0 radical (unpaired) electrons. The fourth-order valence-corrected chi connectivity index (χ4v) is 2.80. The maximum atomic E-state index is 13.7. The molecular formula is C16H20FN3O. The number of ether oxygens (including phenoxy) is 1. The summed E-state index contributed by atoms with van der Waals surface area (Å²) in [6.45, 7) is 0.504. The molecule has 1 aromatic carbocycles. The normalized spacial score (nSPS) is 15.3. The van der Waals surface area contributed by atoms with E-state index in [-0.39, 0.29) is 5.82 Å². The van der Waals surface area contributed by atoms with Gasteiger partial charge in [-0.15, -0.1) is 0 Å². The lowest BCUT2D eigenvalue weighted by Gasteiger charge is -2.10. The van der Waals surface area contributed by atoms with Crippen LogP contribution in [0.15, 0.2) is 30.5 Å². The van der Waals surface area contributed by atoms with E-state index in [2.05, 4.69) is 10.4 Å². The minimum atomic E-state index is -0.286. The molecule has 0 saturated heterocycles. The van der Waals surface area contributed by atoms with Gasteiger partial charge in [-0.2, -0.15) is 5.10 Å². The van der Waals surface area contributed by atoms with Gasteiger partial charge in [0.05, 0.1) is 31.1 Å². The molecule has 21 heavy (non-hydrogen) atoms. The standard InChI is InChI=1S/C16H20FN3O/c1-21-14-6-7-15(17)16(10-14)18-11-12-8-9-20(19-12)13-4-2-3-5-13/h6-10,13,18H,2-5,11H2,1H3. The zero-order valence-corrected chi connectivity index (χ0v) is 12.2. The predicted molar refractivity (Wildman–Crippen MR) is 80.0 cm³/mol. The molecule has 0 bridgehead atoms. The maximum Gasteiger partial charge on any atom is 0.146 e. The Morgan fingerprint density at radius 2 is 2.14 bits per heavy atom. The first-order chi connectivity index (χ1) is 10.3. The van der Waals surface area contributed by atoms with Gasteiger partial charge in [0, 0.05) is 12.3 Å². The average molecular weight is 289 g/mol. The molecule has 112 valence electrons. The number of aromatic nitrogens is 2. The molecule has 1 aliphatic rings. The van der Waals surface area contributed by atoms with E-state index in [9.17, 15) is 4.39 Å². The number of rotatable bonds is 5. The van der Waals surface area contributed by atoms with Crippen molar-refractivity contribution in [3.63, 3.8) is 0 Å².